The molecule has 0 unspecified atom stereocenters. The zero-order valence-electron chi connectivity index (χ0n) is 10.4. The van der Waals surface area contributed by atoms with Crippen LogP contribution in [0.5, 0.6) is 0 Å². The molecule has 3 nitrogen and oxygen atoms in total. The lowest BCUT2D eigenvalue weighted by molar-refractivity contribution is 0.0698. The standard InChI is InChI=1S/C13H18BrNO2/c1-13(2,3)6-7-15-11-8-9(14)4-5-10(11)12(16)17/h4-5,8,15H,6-7H2,1-3H3,(H,16,17). The van der Waals surface area contributed by atoms with Crippen molar-refractivity contribution in [2.75, 3.05) is 11.9 Å². The molecule has 0 aliphatic carbocycles. The van der Waals surface area contributed by atoms with Crippen molar-refractivity contribution >= 4 is 27.6 Å². The van der Waals surface area contributed by atoms with Crippen LogP contribution < -0.4 is 5.32 Å². The number of carboxylic acids is 1. The second kappa shape index (κ2) is 5.54. The molecule has 2 N–H and O–H groups in total. The number of hydrogen-bond donors (Lipinski definition) is 2. The maximum absolute atomic E-state index is 11.0. The van der Waals surface area contributed by atoms with Gasteiger partial charge in [-0.3, -0.25) is 0 Å². The van der Waals surface area contributed by atoms with E-state index in [0.717, 1.165) is 17.4 Å². The molecule has 1 rings (SSSR count). The molecule has 0 heterocycles. The highest BCUT2D eigenvalue weighted by atomic mass is 79.9. The van der Waals surface area contributed by atoms with Crippen molar-refractivity contribution in [1.82, 2.24) is 0 Å². The van der Waals surface area contributed by atoms with Gasteiger partial charge in [0.25, 0.3) is 0 Å². The lowest BCUT2D eigenvalue weighted by atomic mass is 9.92. The number of hydrogen-bond acceptors (Lipinski definition) is 2. The Bertz CT molecular complexity index is 410. The Morgan fingerprint density at radius 3 is 2.59 bits per heavy atom. The molecule has 0 amide bonds. The molecule has 0 aliphatic rings. The van der Waals surface area contributed by atoms with Crippen LogP contribution in [0, 0.1) is 5.41 Å². The Balaban J connectivity index is 2.75. The van der Waals surface area contributed by atoms with Gasteiger partial charge in [0.15, 0.2) is 0 Å². The second-order valence-electron chi connectivity index (χ2n) is 5.23. The van der Waals surface area contributed by atoms with Crippen LogP contribution in [0.15, 0.2) is 22.7 Å². The molecule has 4 heteroatoms. The topological polar surface area (TPSA) is 49.3 Å². The van der Waals surface area contributed by atoms with Crippen LogP contribution >= 0.6 is 15.9 Å². The highest BCUT2D eigenvalue weighted by Crippen LogP contribution is 2.23. The summed E-state index contributed by atoms with van der Waals surface area (Å²) in [4.78, 5) is 11.0. The van der Waals surface area contributed by atoms with Crippen molar-refractivity contribution in [3.63, 3.8) is 0 Å². The Kier molecular flexibility index (Phi) is 4.57. The van der Waals surface area contributed by atoms with E-state index >= 15 is 0 Å². The summed E-state index contributed by atoms with van der Waals surface area (Å²) in [6.45, 7) is 7.25. The molecule has 17 heavy (non-hydrogen) atoms. The van der Waals surface area contributed by atoms with E-state index in [4.69, 9.17) is 5.11 Å². The first-order valence-corrected chi connectivity index (χ1v) is 6.35. The molecule has 0 spiro atoms. The van der Waals surface area contributed by atoms with E-state index < -0.39 is 5.97 Å². The normalized spacial score (nSPS) is 11.3. The zero-order valence-corrected chi connectivity index (χ0v) is 12.0. The van der Waals surface area contributed by atoms with Crippen molar-refractivity contribution in [3.8, 4) is 0 Å². The first-order chi connectivity index (χ1) is 7.79. The second-order valence-corrected chi connectivity index (χ2v) is 6.15. The molecule has 0 fully saturated rings. The fourth-order valence-corrected chi connectivity index (χ4v) is 1.78. The van der Waals surface area contributed by atoms with Crippen LogP contribution in [0.25, 0.3) is 0 Å². The lowest BCUT2D eigenvalue weighted by Gasteiger charge is -2.19. The molecular formula is C13H18BrNO2. The van der Waals surface area contributed by atoms with Crippen LogP contribution in [0.4, 0.5) is 5.69 Å². The van der Waals surface area contributed by atoms with Crippen molar-refractivity contribution < 1.29 is 9.90 Å². The van der Waals surface area contributed by atoms with Gasteiger partial charge in [-0.15, -0.1) is 0 Å². The van der Waals surface area contributed by atoms with Gasteiger partial charge in [0.2, 0.25) is 0 Å². The summed E-state index contributed by atoms with van der Waals surface area (Å²) in [5.41, 5.74) is 1.21. The number of aromatic carboxylic acids is 1. The third-order valence-corrected chi connectivity index (χ3v) is 2.90. The number of carboxylic acid groups (broad SMARTS) is 1. The Hall–Kier alpha value is -1.03. The smallest absolute Gasteiger partial charge is 0.337 e. The molecule has 1 aromatic rings. The van der Waals surface area contributed by atoms with Crippen molar-refractivity contribution in [1.29, 1.82) is 0 Å². The predicted octanol–water partition coefficient (Wildman–Crippen LogP) is 4.00. The maximum Gasteiger partial charge on any atom is 0.337 e. The van der Waals surface area contributed by atoms with Gasteiger partial charge in [-0.1, -0.05) is 36.7 Å². The number of rotatable bonds is 4. The summed E-state index contributed by atoms with van der Waals surface area (Å²) in [6.07, 6.45) is 0.985. The number of anilines is 1. The van der Waals surface area contributed by atoms with Gasteiger partial charge >= 0.3 is 5.97 Å². The average Bonchev–Trinajstić information content (AvgIpc) is 2.15. The summed E-state index contributed by atoms with van der Waals surface area (Å²) >= 11 is 3.34. The van der Waals surface area contributed by atoms with E-state index in [1.807, 2.05) is 0 Å². The third-order valence-electron chi connectivity index (χ3n) is 2.40. The van der Waals surface area contributed by atoms with Crippen LogP contribution in [-0.2, 0) is 0 Å². The molecule has 0 aromatic heterocycles. The van der Waals surface area contributed by atoms with E-state index in [9.17, 15) is 4.79 Å². The van der Waals surface area contributed by atoms with E-state index in [1.165, 1.54) is 0 Å². The maximum atomic E-state index is 11.0. The largest absolute Gasteiger partial charge is 0.478 e. The van der Waals surface area contributed by atoms with Crippen LogP contribution in [0.2, 0.25) is 0 Å². The molecular weight excluding hydrogens is 282 g/mol. The molecule has 0 radical (unpaired) electrons. The van der Waals surface area contributed by atoms with Gasteiger partial charge in [0.05, 0.1) is 5.56 Å². The fourth-order valence-electron chi connectivity index (χ4n) is 1.42. The van der Waals surface area contributed by atoms with Gasteiger partial charge in [-0.05, 0) is 30.0 Å². The SMILES string of the molecule is CC(C)(C)CCNc1cc(Br)ccc1C(=O)O. The number of halogens is 1. The quantitative estimate of drug-likeness (QED) is 0.883. The third kappa shape index (κ3) is 4.77. The minimum absolute atomic E-state index is 0.238. The Morgan fingerprint density at radius 2 is 2.06 bits per heavy atom. The van der Waals surface area contributed by atoms with Gasteiger partial charge in [-0.2, -0.15) is 0 Å². The van der Waals surface area contributed by atoms with Crippen LogP contribution in [0.1, 0.15) is 37.6 Å². The van der Waals surface area contributed by atoms with E-state index in [-0.39, 0.29) is 5.41 Å². The average molecular weight is 300 g/mol. The molecule has 0 aliphatic heterocycles. The molecule has 94 valence electrons. The predicted molar refractivity (Wildman–Crippen MR) is 73.7 cm³/mol. The van der Waals surface area contributed by atoms with E-state index in [2.05, 4.69) is 42.0 Å². The van der Waals surface area contributed by atoms with Crippen LogP contribution in [0.3, 0.4) is 0 Å². The minimum Gasteiger partial charge on any atom is -0.478 e. The summed E-state index contributed by atoms with van der Waals surface area (Å²) < 4.78 is 0.876. The van der Waals surface area contributed by atoms with Crippen molar-refractivity contribution in [3.05, 3.63) is 28.2 Å². The van der Waals surface area contributed by atoms with Gasteiger partial charge in [0, 0.05) is 16.7 Å². The minimum atomic E-state index is -0.907. The first kappa shape index (κ1) is 14.0. The van der Waals surface area contributed by atoms with E-state index in [0.29, 0.717) is 11.3 Å². The fraction of sp³-hybridized carbons (Fsp3) is 0.462. The number of nitrogens with one attached hydrogen (secondary N) is 1. The van der Waals surface area contributed by atoms with Gasteiger partial charge in [0.1, 0.15) is 0 Å². The van der Waals surface area contributed by atoms with Crippen molar-refractivity contribution in [2.45, 2.75) is 27.2 Å². The highest BCUT2D eigenvalue weighted by molar-refractivity contribution is 9.10. The monoisotopic (exact) mass is 299 g/mol. The highest BCUT2D eigenvalue weighted by Gasteiger charge is 2.12. The molecule has 0 saturated heterocycles. The van der Waals surface area contributed by atoms with Gasteiger partial charge in [-0.25, -0.2) is 4.79 Å². The Labute approximate surface area is 110 Å². The molecule has 0 bridgehead atoms. The van der Waals surface area contributed by atoms with Crippen molar-refractivity contribution in [2.24, 2.45) is 5.41 Å². The number of benzene rings is 1. The first-order valence-electron chi connectivity index (χ1n) is 5.56. The molecule has 0 saturated carbocycles. The molecule has 1 aromatic carbocycles. The summed E-state index contributed by atoms with van der Waals surface area (Å²) in [7, 11) is 0. The number of carbonyl (C=O) groups is 1. The van der Waals surface area contributed by atoms with Gasteiger partial charge < -0.3 is 10.4 Å². The lowest BCUT2D eigenvalue weighted by Crippen LogP contribution is -2.14. The molecule has 0 atom stereocenters. The summed E-state index contributed by atoms with van der Waals surface area (Å²) in [5, 5.41) is 12.2. The Morgan fingerprint density at radius 1 is 1.41 bits per heavy atom. The zero-order chi connectivity index (χ0) is 13.1. The van der Waals surface area contributed by atoms with E-state index in [1.54, 1.807) is 18.2 Å². The summed E-state index contributed by atoms with van der Waals surface area (Å²) in [6, 6.07) is 5.14. The summed E-state index contributed by atoms with van der Waals surface area (Å²) in [5.74, 6) is -0.907. The van der Waals surface area contributed by atoms with Crippen LogP contribution in [-0.4, -0.2) is 17.6 Å².